The number of rotatable bonds is 2. The molecule has 1 saturated heterocycles. The average Bonchev–Trinajstić information content (AvgIpc) is 2.51. The second-order valence-electron chi connectivity index (χ2n) is 3.83. The van der Waals surface area contributed by atoms with Gasteiger partial charge < -0.3 is 0 Å². The Bertz CT molecular complexity index is 332. The van der Waals surface area contributed by atoms with Gasteiger partial charge in [-0.3, -0.25) is 14.4 Å². The van der Waals surface area contributed by atoms with Gasteiger partial charge in [0.05, 0.1) is 12.2 Å². The van der Waals surface area contributed by atoms with E-state index in [2.05, 4.69) is 10.00 Å². The lowest BCUT2D eigenvalue weighted by Crippen LogP contribution is -2.35. The number of hydrogen-bond donors (Lipinski definition) is 0. The quantitative estimate of drug-likeness (QED) is 0.689. The number of carbonyl (C=O) groups excluding carboxylic acids is 1. The van der Waals surface area contributed by atoms with Crippen molar-refractivity contribution in [2.45, 2.75) is 19.4 Å². The van der Waals surface area contributed by atoms with E-state index in [9.17, 15) is 4.79 Å². The summed E-state index contributed by atoms with van der Waals surface area (Å²) in [6.45, 7) is 2.41. The molecule has 0 bridgehead atoms. The summed E-state index contributed by atoms with van der Waals surface area (Å²) in [7, 11) is 1.91. The number of Topliss-reactive ketones (excluding diaryl/α,β-unsaturated/α-hetero) is 1. The molecule has 0 N–H and O–H groups in total. The van der Waals surface area contributed by atoms with Crippen molar-refractivity contribution in [3.05, 3.63) is 18.0 Å². The molecule has 4 heteroatoms. The molecule has 4 nitrogen and oxygen atoms in total. The van der Waals surface area contributed by atoms with Crippen LogP contribution in [0.1, 0.15) is 18.5 Å². The van der Waals surface area contributed by atoms with Crippen molar-refractivity contribution >= 4 is 5.78 Å². The number of aromatic nitrogens is 2. The first-order chi connectivity index (χ1) is 6.74. The zero-order valence-electron chi connectivity index (χ0n) is 8.44. The average molecular weight is 193 g/mol. The number of hydrogen-bond acceptors (Lipinski definition) is 3. The number of carbonyl (C=O) groups is 1. The fraction of sp³-hybridized carbons (Fsp3) is 0.600. The van der Waals surface area contributed by atoms with Gasteiger partial charge in [-0.1, -0.05) is 0 Å². The molecular weight excluding hydrogens is 178 g/mol. The van der Waals surface area contributed by atoms with E-state index < -0.39 is 0 Å². The van der Waals surface area contributed by atoms with Crippen LogP contribution in [-0.2, 0) is 18.4 Å². The van der Waals surface area contributed by atoms with E-state index >= 15 is 0 Å². The molecule has 1 aromatic rings. The Morgan fingerprint density at radius 2 is 2.43 bits per heavy atom. The smallest absolute Gasteiger partial charge is 0.146 e. The Morgan fingerprint density at radius 3 is 3.07 bits per heavy atom. The van der Waals surface area contributed by atoms with Crippen LogP contribution in [0.15, 0.2) is 12.3 Å². The summed E-state index contributed by atoms with van der Waals surface area (Å²) in [6.07, 6.45) is 3.67. The third-order valence-electron chi connectivity index (χ3n) is 2.48. The van der Waals surface area contributed by atoms with E-state index in [1.165, 1.54) is 0 Å². The number of ketones is 1. The zero-order valence-corrected chi connectivity index (χ0v) is 8.44. The summed E-state index contributed by atoms with van der Waals surface area (Å²) in [5.74, 6) is 0.354. The maximum Gasteiger partial charge on any atom is 0.146 e. The molecule has 1 aromatic heterocycles. The lowest BCUT2D eigenvalue weighted by atomic mass is 10.1. The van der Waals surface area contributed by atoms with Crippen molar-refractivity contribution in [1.82, 2.24) is 14.7 Å². The topological polar surface area (TPSA) is 38.1 Å². The molecule has 0 unspecified atom stereocenters. The Labute approximate surface area is 83.5 Å². The van der Waals surface area contributed by atoms with Crippen LogP contribution in [0.2, 0.25) is 0 Å². The van der Waals surface area contributed by atoms with Crippen LogP contribution in [-0.4, -0.2) is 33.6 Å². The van der Waals surface area contributed by atoms with Gasteiger partial charge >= 0.3 is 0 Å². The van der Waals surface area contributed by atoms with Gasteiger partial charge in [0.25, 0.3) is 0 Å². The molecule has 2 heterocycles. The minimum atomic E-state index is 0.354. The first-order valence-electron chi connectivity index (χ1n) is 4.96. The van der Waals surface area contributed by atoms with Crippen LogP contribution in [0.3, 0.4) is 0 Å². The molecule has 76 valence electrons. The predicted octanol–water partition coefficient (Wildman–Crippen LogP) is 0.585. The van der Waals surface area contributed by atoms with Gasteiger partial charge in [-0.25, -0.2) is 0 Å². The van der Waals surface area contributed by atoms with Gasteiger partial charge in [-0.2, -0.15) is 5.10 Å². The molecule has 0 aliphatic carbocycles. The monoisotopic (exact) mass is 193 g/mol. The minimum Gasteiger partial charge on any atom is -0.298 e. The highest BCUT2D eigenvalue weighted by Crippen LogP contribution is 2.09. The fourth-order valence-electron chi connectivity index (χ4n) is 1.82. The fourth-order valence-corrected chi connectivity index (χ4v) is 1.82. The van der Waals surface area contributed by atoms with Gasteiger partial charge in [-0.05, 0) is 19.0 Å². The number of aryl methyl sites for hydroxylation is 1. The summed E-state index contributed by atoms with van der Waals surface area (Å²) >= 11 is 0. The minimum absolute atomic E-state index is 0.354. The lowest BCUT2D eigenvalue weighted by molar-refractivity contribution is -0.122. The standard InChI is InChI=1S/C10H15N3O/c1-12-6-4-9(11-12)7-13-5-2-3-10(14)8-13/h4,6H,2-3,5,7-8H2,1H3. The number of piperidine rings is 1. The summed E-state index contributed by atoms with van der Waals surface area (Å²) in [5.41, 5.74) is 1.04. The Kier molecular flexibility index (Phi) is 2.63. The maximum atomic E-state index is 11.2. The van der Waals surface area contributed by atoms with Crippen LogP contribution >= 0.6 is 0 Å². The first-order valence-corrected chi connectivity index (χ1v) is 4.96. The molecule has 0 atom stereocenters. The molecule has 0 spiro atoms. The third-order valence-corrected chi connectivity index (χ3v) is 2.48. The highest BCUT2D eigenvalue weighted by molar-refractivity contribution is 5.81. The van der Waals surface area contributed by atoms with Crippen molar-refractivity contribution in [2.75, 3.05) is 13.1 Å². The Hall–Kier alpha value is -1.16. The highest BCUT2D eigenvalue weighted by atomic mass is 16.1. The van der Waals surface area contributed by atoms with Crippen LogP contribution < -0.4 is 0 Å². The first kappa shape index (κ1) is 9.40. The number of nitrogens with zero attached hydrogens (tertiary/aromatic N) is 3. The molecule has 0 saturated carbocycles. The van der Waals surface area contributed by atoms with Gasteiger partial charge in [0.15, 0.2) is 0 Å². The highest BCUT2D eigenvalue weighted by Gasteiger charge is 2.17. The van der Waals surface area contributed by atoms with Crippen LogP contribution in [0.25, 0.3) is 0 Å². The Balaban J connectivity index is 1.93. The molecule has 0 amide bonds. The summed E-state index contributed by atoms with van der Waals surface area (Å²) < 4.78 is 1.79. The van der Waals surface area contributed by atoms with E-state index in [4.69, 9.17) is 0 Å². The molecular formula is C10H15N3O. The Morgan fingerprint density at radius 1 is 1.57 bits per heavy atom. The second kappa shape index (κ2) is 3.92. The predicted molar refractivity (Wildman–Crippen MR) is 52.7 cm³/mol. The lowest BCUT2D eigenvalue weighted by Gasteiger charge is -2.24. The molecule has 0 radical (unpaired) electrons. The van der Waals surface area contributed by atoms with Crippen LogP contribution in [0.5, 0.6) is 0 Å². The second-order valence-corrected chi connectivity index (χ2v) is 3.83. The number of likely N-dealkylation sites (tertiary alicyclic amines) is 1. The SMILES string of the molecule is Cn1ccc(CN2CCCC(=O)C2)n1. The van der Waals surface area contributed by atoms with E-state index in [-0.39, 0.29) is 0 Å². The van der Waals surface area contributed by atoms with E-state index in [1.54, 1.807) is 4.68 Å². The van der Waals surface area contributed by atoms with E-state index in [0.29, 0.717) is 12.3 Å². The normalized spacial score (nSPS) is 18.8. The van der Waals surface area contributed by atoms with Gasteiger partial charge in [0.2, 0.25) is 0 Å². The van der Waals surface area contributed by atoms with Crippen molar-refractivity contribution in [1.29, 1.82) is 0 Å². The van der Waals surface area contributed by atoms with E-state index in [1.807, 2.05) is 19.3 Å². The summed E-state index contributed by atoms with van der Waals surface area (Å²) in [4.78, 5) is 13.4. The van der Waals surface area contributed by atoms with Crippen LogP contribution in [0, 0.1) is 0 Å². The van der Waals surface area contributed by atoms with Crippen molar-refractivity contribution in [3.8, 4) is 0 Å². The molecule has 2 rings (SSSR count). The van der Waals surface area contributed by atoms with Gasteiger partial charge in [0, 0.05) is 26.2 Å². The van der Waals surface area contributed by atoms with Crippen molar-refractivity contribution in [3.63, 3.8) is 0 Å². The third kappa shape index (κ3) is 2.20. The van der Waals surface area contributed by atoms with Crippen molar-refractivity contribution in [2.24, 2.45) is 7.05 Å². The summed E-state index contributed by atoms with van der Waals surface area (Å²) in [5, 5.41) is 4.29. The van der Waals surface area contributed by atoms with Gasteiger partial charge in [0.1, 0.15) is 5.78 Å². The molecule has 0 aromatic carbocycles. The molecule has 1 aliphatic rings. The summed E-state index contributed by atoms with van der Waals surface area (Å²) in [6, 6.07) is 2.00. The van der Waals surface area contributed by atoms with Crippen molar-refractivity contribution < 1.29 is 4.79 Å². The molecule has 14 heavy (non-hydrogen) atoms. The zero-order chi connectivity index (χ0) is 9.97. The molecule has 1 fully saturated rings. The largest absolute Gasteiger partial charge is 0.298 e. The van der Waals surface area contributed by atoms with E-state index in [0.717, 1.165) is 31.6 Å². The van der Waals surface area contributed by atoms with Crippen LogP contribution in [0.4, 0.5) is 0 Å². The maximum absolute atomic E-state index is 11.2. The molecule has 1 aliphatic heterocycles. The van der Waals surface area contributed by atoms with Gasteiger partial charge in [-0.15, -0.1) is 0 Å².